The minimum Gasteiger partial charge on any atom is -0.342 e. The van der Waals surface area contributed by atoms with E-state index < -0.39 is 16.1 Å². The number of piperazine rings is 1. The summed E-state index contributed by atoms with van der Waals surface area (Å²) in [6.07, 6.45) is 1.68. The van der Waals surface area contributed by atoms with Crippen molar-refractivity contribution >= 4 is 21.9 Å². The Morgan fingerprint density at radius 1 is 1.07 bits per heavy atom. The zero-order chi connectivity index (χ0) is 21.0. The minimum absolute atomic E-state index is 0.0789. The lowest BCUT2D eigenvalue weighted by Gasteiger charge is -2.35. The summed E-state index contributed by atoms with van der Waals surface area (Å²) < 4.78 is 24.9. The van der Waals surface area contributed by atoms with Crippen LogP contribution in [0.1, 0.15) is 17.0 Å². The Labute approximate surface area is 172 Å². The maximum absolute atomic E-state index is 13.3. The molecule has 1 saturated heterocycles. The Hall–Kier alpha value is -2.52. The molecule has 1 amide bonds. The summed E-state index contributed by atoms with van der Waals surface area (Å²) in [5.41, 5.74) is 2.68. The molecule has 1 aliphatic rings. The molecule has 0 aliphatic carbocycles. The van der Waals surface area contributed by atoms with Crippen LogP contribution >= 0.6 is 0 Å². The molecule has 1 atom stereocenters. The molecule has 29 heavy (non-hydrogen) atoms. The van der Waals surface area contributed by atoms with Gasteiger partial charge in [0.15, 0.2) is 0 Å². The van der Waals surface area contributed by atoms with Gasteiger partial charge in [-0.05, 0) is 25.5 Å². The number of rotatable bonds is 6. The summed E-state index contributed by atoms with van der Waals surface area (Å²) >= 11 is 0. The SMILES string of the molecule is Cc1cc(C)nc(N[C@@H](Cc2ccccc2)C(=O)N2CCN(S(C)(=O)=O)CC2)n1. The van der Waals surface area contributed by atoms with Crippen molar-refractivity contribution in [3.05, 3.63) is 53.3 Å². The van der Waals surface area contributed by atoms with E-state index in [9.17, 15) is 13.2 Å². The maximum Gasteiger partial charge on any atom is 0.245 e. The van der Waals surface area contributed by atoms with Crippen LogP contribution in [-0.4, -0.2) is 72.0 Å². The molecule has 1 aliphatic heterocycles. The van der Waals surface area contributed by atoms with Crippen LogP contribution in [0.15, 0.2) is 36.4 Å². The van der Waals surface area contributed by atoms with Crippen LogP contribution in [0.4, 0.5) is 5.95 Å². The van der Waals surface area contributed by atoms with Gasteiger partial charge in [0.2, 0.25) is 21.9 Å². The highest BCUT2D eigenvalue weighted by atomic mass is 32.2. The Morgan fingerprint density at radius 3 is 2.21 bits per heavy atom. The van der Waals surface area contributed by atoms with Gasteiger partial charge in [0.1, 0.15) is 6.04 Å². The molecule has 1 N–H and O–H groups in total. The van der Waals surface area contributed by atoms with Gasteiger partial charge in [-0.15, -0.1) is 0 Å². The normalized spacial score (nSPS) is 16.4. The van der Waals surface area contributed by atoms with E-state index in [0.29, 0.717) is 38.5 Å². The standard InChI is InChI=1S/C20H27N5O3S/c1-15-13-16(2)22-20(21-15)23-18(14-17-7-5-4-6-8-17)19(26)24-9-11-25(12-10-24)29(3,27)28/h4-8,13,18H,9-12,14H2,1-3H3,(H,21,22,23)/t18-/m0/s1. The van der Waals surface area contributed by atoms with Crippen LogP contribution in [0.3, 0.4) is 0 Å². The van der Waals surface area contributed by atoms with Gasteiger partial charge in [0.05, 0.1) is 6.26 Å². The van der Waals surface area contributed by atoms with Crippen molar-refractivity contribution < 1.29 is 13.2 Å². The second-order valence-corrected chi connectivity index (χ2v) is 9.33. The molecule has 0 spiro atoms. The highest BCUT2D eigenvalue weighted by molar-refractivity contribution is 7.88. The fourth-order valence-corrected chi connectivity index (χ4v) is 4.28. The zero-order valence-corrected chi connectivity index (χ0v) is 17.8. The van der Waals surface area contributed by atoms with Crippen molar-refractivity contribution in [3.63, 3.8) is 0 Å². The minimum atomic E-state index is -3.24. The first-order chi connectivity index (χ1) is 13.7. The van der Waals surface area contributed by atoms with Crippen LogP contribution in [-0.2, 0) is 21.2 Å². The second kappa shape index (κ2) is 8.87. The molecule has 156 valence electrons. The third-order valence-corrected chi connectivity index (χ3v) is 6.19. The number of carbonyl (C=O) groups is 1. The molecule has 8 nitrogen and oxygen atoms in total. The van der Waals surface area contributed by atoms with Crippen LogP contribution in [0.25, 0.3) is 0 Å². The molecule has 9 heteroatoms. The zero-order valence-electron chi connectivity index (χ0n) is 17.0. The Balaban J connectivity index is 1.78. The summed E-state index contributed by atoms with van der Waals surface area (Å²) in [5, 5.41) is 3.20. The fourth-order valence-electron chi connectivity index (χ4n) is 3.46. The lowest BCUT2D eigenvalue weighted by Crippen LogP contribution is -2.54. The summed E-state index contributed by atoms with van der Waals surface area (Å²) in [6, 6.07) is 11.1. The van der Waals surface area contributed by atoms with E-state index in [1.807, 2.05) is 50.2 Å². The third-order valence-electron chi connectivity index (χ3n) is 4.89. The number of nitrogens with zero attached hydrogens (tertiary/aromatic N) is 4. The average molecular weight is 418 g/mol. The van der Waals surface area contributed by atoms with Crippen LogP contribution < -0.4 is 5.32 Å². The van der Waals surface area contributed by atoms with Gasteiger partial charge in [-0.3, -0.25) is 4.79 Å². The van der Waals surface area contributed by atoms with Crippen molar-refractivity contribution in [2.45, 2.75) is 26.3 Å². The summed E-state index contributed by atoms with van der Waals surface area (Å²) in [7, 11) is -3.24. The molecule has 1 aromatic carbocycles. The van der Waals surface area contributed by atoms with Gasteiger partial charge in [-0.25, -0.2) is 18.4 Å². The largest absolute Gasteiger partial charge is 0.342 e. The third kappa shape index (κ3) is 5.74. The van der Waals surface area contributed by atoms with Crippen molar-refractivity contribution in [3.8, 4) is 0 Å². The molecule has 3 rings (SSSR count). The second-order valence-electron chi connectivity index (χ2n) is 7.35. The lowest BCUT2D eigenvalue weighted by molar-refractivity contribution is -0.133. The molecule has 1 aromatic heterocycles. The maximum atomic E-state index is 13.3. The topological polar surface area (TPSA) is 95.5 Å². The number of amides is 1. The van der Waals surface area contributed by atoms with Crippen molar-refractivity contribution in [2.24, 2.45) is 0 Å². The number of aryl methyl sites for hydroxylation is 2. The van der Waals surface area contributed by atoms with E-state index >= 15 is 0 Å². The van der Waals surface area contributed by atoms with Crippen molar-refractivity contribution in [1.82, 2.24) is 19.2 Å². The molecular formula is C20H27N5O3S. The quantitative estimate of drug-likeness (QED) is 0.759. The van der Waals surface area contributed by atoms with E-state index in [2.05, 4.69) is 15.3 Å². The van der Waals surface area contributed by atoms with E-state index in [1.165, 1.54) is 10.6 Å². The Bertz CT molecular complexity index is 937. The molecular weight excluding hydrogens is 390 g/mol. The number of nitrogens with one attached hydrogen (secondary N) is 1. The van der Waals surface area contributed by atoms with Crippen LogP contribution in [0, 0.1) is 13.8 Å². The number of hydrogen-bond acceptors (Lipinski definition) is 6. The van der Waals surface area contributed by atoms with Crippen molar-refractivity contribution in [2.75, 3.05) is 37.8 Å². The smallest absolute Gasteiger partial charge is 0.245 e. The van der Waals surface area contributed by atoms with Gasteiger partial charge in [-0.1, -0.05) is 30.3 Å². The van der Waals surface area contributed by atoms with Crippen molar-refractivity contribution in [1.29, 1.82) is 0 Å². The molecule has 0 unspecified atom stereocenters. The number of carbonyl (C=O) groups excluding carboxylic acids is 1. The molecule has 0 saturated carbocycles. The van der Waals surface area contributed by atoms with Gasteiger partial charge in [-0.2, -0.15) is 4.31 Å². The number of benzene rings is 1. The van der Waals surface area contributed by atoms with Crippen LogP contribution in [0.2, 0.25) is 0 Å². The number of aromatic nitrogens is 2. The fraction of sp³-hybridized carbons (Fsp3) is 0.450. The van der Waals surface area contributed by atoms with E-state index in [4.69, 9.17) is 0 Å². The Morgan fingerprint density at radius 2 is 1.66 bits per heavy atom. The first-order valence-corrected chi connectivity index (χ1v) is 11.4. The first-order valence-electron chi connectivity index (χ1n) is 9.59. The number of sulfonamides is 1. The van der Waals surface area contributed by atoms with Gasteiger partial charge >= 0.3 is 0 Å². The Kier molecular flexibility index (Phi) is 6.49. The van der Waals surface area contributed by atoms with Gasteiger partial charge in [0.25, 0.3) is 0 Å². The number of anilines is 1. The predicted molar refractivity (Wildman–Crippen MR) is 112 cm³/mol. The lowest BCUT2D eigenvalue weighted by atomic mass is 10.0. The van der Waals surface area contributed by atoms with Crippen LogP contribution in [0.5, 0.6) is 0 Å². The predicted octanol–water partition coefficient (Wildman–Crippen LogP) is 1.22. The van der Waals surface area contributed by atoms with E-state index in [1.54, 1.807) is 4.90 Å². The monoisotopic (exact) mass is 417 g/mol. The molecule has 1 fully saturated rings. The molecule has 2 heterocycles. The molecule has 0 radical (unpaired) electrons. The average Bonchev–Trinajstić information content (AvgIpc) is 2.66. The number of hydrogen-bond donors (Lipinski definition) is 1. The van der Waals surface area contributed by atoms with Gasteiger partial charge in [0, 0.05) is 44.0 Å². The highest BCUT2D eigenvalue weighted by Crippen LogP contribution is 2.14. The first kappa shape index (κ1) is 21.2. The van der Waals surface area contributed by atoms with E-state index in [-0.39, 0.29) is 5.91 Å². The molecule has 2 aromatic rings. The van der Waals surface area contributed by atoms with Gasteiger partial charge < -0.3 is 10.2 Å². The summed E-state index contributed by atoms with van der Waals surface area (Å²) in [4.78, 5) is 23.8. The summed E-state index contributed by atoms with van der Waals surface area (Å²) in [5.74, 6) is 0.344. The summed E-state index contributed by atoms with van der Waals surface area (Å²) in [6.45, 7) is 5.13. The molecule has 0 bridgehead atoms. The van der Waals surface area contributed by atoms with E-state index in [0.717, 1.165) is 17.0 Å². The highest BCUT2D eigenvalue weighted by Gasteiger charge is 2.30.